The second-order valence-corrected chi connectivity index (χ2v) is 8.37. The molecule has 1 atom stereocenters. The Balaban J connectivity index is 1.57. The van der Waals surface area contributed by atoms with E-state index in [4.69, 9.17) is 0 Å². The third-order valence-corrected chi connectivity index (χ3v) is 5.05. The minimum absolute atomic E-state index is 0.0162. The van der Waals surface area contributed by atoms with Gasteiger partial charge in [-0.25, -0.2) is 14.4 Å². The number of hydrogen-bond donors (Lipinski definition) is 2. The molecule has 2 heterocycles. The Bertz CT molecular complexity index is 967. The van der Waals surface area contributed by atoms with Gasteiger partial charge < -0.3 is 20.4 Å². The number of aromatic nitrogens is 2. The highest BCUT2D eigenvalue weighted by Crippen LogP contribution is 2.20. The van der Waals surface area contributed by atoms with Gasteiger partial charge in [0.15, 0.2) is 0 Å². The van der Waals surface area contributed by atoms with Gasteiger partial charge in [0.1, 0.15) is 5.82 Å². The number of carbonyl (C=O) groups is 2. The first-order valence-corrected chi connectivity index (χ1v) is 10.6. The van der Waals surface area contributed by atoms with Gasteiger partial charge in [0, 0.05) is 49.7 Å². The molecular weight excluding hydrogens is 467 g/mol. The zero-order chi connectivity index (χ0) is 22.4. The van der Waals surface area contributed by atoms with Gasteiger partial charge in [-0.2, -0.15) is 0 Å². The van der Waals surface area contributed by atoms with Gasteiger partial charge in [-0.05, 0) is 54.6 Å². The van der Waals surface area contributed by atoms with Crippen LogP contribution in [0.2, 0.25) is 0 Å². The van der Waals surface area contributed by atoms with Gasteiger partial charge in [0.25, 0.3) is 5.91 Å². The quantitative estimate of drug-likeness (QED) is 0.580. The van der Waals surface area contributed by atoms with Gasteiger partial charge in [0.05, 0.1) is 10.2 Å². The molecular formula is C21H24BrFN6O2. The highest BCUT2D eigenvalue weighted by Gasteiger charge is 2.27. The van der Waals surface area contributed by atoms with Crippen LogP contribution < -0.4 is 10.6 Å². The van der Waals surface area contributed by atoms with Crippen molar-refractivity contribution in [2.24, 2.45) is 0 Å². The van der Waals surface area contributed by atoms with E-state index in [0.717, 1.165) is 17.0 Å². The molecule has 2 N–H and O–H groups in total. The maximum Gasteiger partial charge on any atom is 0.254 e. The van der Waals surface area contributed by atoms with Crippen molar-refractivity contribution in [3.05, 3.63) is 58.6 Å². The van der Waals surface area contributed by atoms with Crippen LogP contribution in [0.4, 0.5) is 16.0 Å². The van der Waals surface area contributed by atoms with Crippen LogP contribution in [0.15, 0.2) is 47.2 Å². The first-order chi connectivity index (χ1) is 14.8. The fraction of sp³-hybridized carbons (Fsp3) is 0.333. The number of nitrogens with one attached hydrogen (secondary N) is 2. The average molecular weight is 491 g/mol. The summed E-state index contributed by atoms with van der Waals surface area (Å²) < 4.78 is 15.2. The largest absolute Gasteiger partial charge is 0.350 e. The van der Waals surface area contributed by atoms with E-state index in [9.17, 15) is 14.0 Å². The highest BCUT2D eigenvalue weighted by atomic mass is 79.9. The molecule has 2 aromatic rings. The molecule has 0 bridgehead atoms. The second kappa shape index (κ2) is 10.5. The molecule has 1 aliphatic heterocycles. The molecule has 1 fully saturated rings. The number of carbonyl (C=O) groups excluding carboxylic acids is 2. The Kier molecular flexibility index (Phi) is 7.69. The molecule has 10 heteroatoms. The van der Waals surface area contributed by atoms with E-state index < -0.39 is 11.7 Å². The molecule has 0 saturated carbocycles. The van der Waals surface area contributed by atoms with Crippen molar-refractivity contribution >= 4 is 39.4 Å². The van der Waals surface area contributed by atoms with Crippen LogP contribution in [-0.2, 0) is 4.79 Å². The summed E-state index contributed by atoms with van der Waals surface area (Å²) in [6.07, 6.45) is 7.07. The van der Waals surface area contributed by atoms with Crippen molar-refractivity contribution in [2.75, 3.05) is 44.4 Å². The summed E-state index contributed by atoms with van der Waals surface area (Å²) in [7, 11) is 3.76. The summed E-state index contributed by atoms with van der Waals surface area (Å²) in [6, 6.07) is 4.09. The zero-order valence-electron chi connectivity index (χ0n) is 17.3. The Hall–Kier alpha value is -2.85. The molecule has 0 aliphatic carbocycles. The Morgan fingerprint density at radius 2 is 2.06 bits per heavy atom. The molecule has 2 amide bonds. The molecule has 1 aromatic carbocycles. The number of likely N-dealkylation sites (N-methyl/N-ethyl adjacent to an activating group) is 1. The number of benzene rings is 1. The second-order valence-electron chi connectivity index (χ2n) is 7.45. The lowest BCUT2D eigenvalue weighted by Crippen LogP contribution is -2.32. The van der Waals surface area contributed by atoms with E-state index >= 15 is 0 Å². The lowest BCUT2D eigenvalue weighted by Gasteiger charge is -2.17. The van der Waals surface area contributed by atoms with Crippen LogP contribution in [0, 0.1) is 5.82 Å². The number of amides is 2. The first-order valence-electron chi connectivity index (χ1n) is 9.77. The van der Waals surface area contributed by atoms with Gasteiger partial charge >= 0.3 is 0 Å². The summed E-state index contributed by atoms with van der Waals surface area (Å²) in [5.74, 6) is -0.849. The van der Waals surface area contributed by atoms with E-state index in [1.54, 1.807) is 23.4 Å². The fourth-order valence-electron chi connectivity index (χ4n) is 3.11. The lowest BCUT2D eigenvalue weighted by molar-refractivity contribution is -0.111. The zero-order valence-corrected chi connectivity index (χ0v) is 18.9. The minimum atomic E-state index is -0.655. The van der Waals surface area contributed by atoms with Crippen LogP contribution >= 0.6 is 15.9 Å². The Morgan fingerprint density at radius 3 is 2.74 bits per heavy atom. The fourth-order valence-corrected chi connectivity index (χ4v) is 3.31. The lowest BCUT2D eigenvalue weighted by atomic mass is 10.1. The summed E-state index contributed by atoms with van der Waals surface area (Å²) in [5, 5.41) is 5.69. The Morgan fingerprint density at radius 1 is 1.32 bits per heavy atom. The number of anilines is 2. The van der Waals surface area contributed by atoms with E-state index in [2.05, 4.69) is 36.5 Å². The molecule has 1 aliphatic rings. The van der Waals surface area contributed by atoms with E-state index in [1.807, 2.05) is 19.0 Å². The molecule has 1 saturated heterocycles. The number of nitrogens with zero attached hydrogens (tertiary/aromatic N) is 4. The molecule has 3 rings (SSSR count). The SMILES string of the molecule is CN(C)C/C=C/C(=O)Nc1ccc(C(=O)N2CC[C@@H](Nc3ncc(Br)cn3)C2)cc1F. The smallest absolute Gasteiger partial charge is 0.254 e. The van der Waals surface area contributed by atoms with Crippen LogP contribution in [0.3, 0.4) is 0 Å². The van der Waals surface area contributed by atoms with Crippen LogP contribution in [0.1, 0.15) is 16.8 Å². The third kappa shape index (κ3) is 6.56. The molecule has 1 aromatic heterocycles. The summed E-state index contributed by atoms with van der Waals surface area (Å²) in [4.78, 5) is 36.6. The summed E-state index contributed by atoms with van der Waals surface area (Å²) >= 11 is 3.29. The monoisotopic (exact) mass is 490 g/mol. The number of halogens is 2. The van der Waals surface area contributed by atoms with Crippen LogP contribution in [-0.4, -0.2) is 71.4 Å². The predicted molar refractivity (Wildman–Crippen MR) is 120 cm³/mol. The average Bonchev–Trinajstić information content (AvgIpc) is 3.19. The summed E-state index contributed by atoms with van der Waals surface area (Å²) in [5.41, 5.74) is 0.267. The van der Waals surface area contributed by atoms with Crippen molar-refractivity contribution < 1.29 is 14.0 Å². The van der Waals surface area contributed by atoms with Gasteiger partial charge in [-0.15, -0.1) is 0 Å². The highest BCUT2D eigenvalue weighted by molar-refractivity contribution is 9.10. The first kappa shape index (κ1) is 22.8. The third-order valence-electron chi connectivity index (χ3n) is 4.64. The van der Waals surface area contributed by atoms with E-state index in [0.29, 0.717) is 25.6 Å². The van der Waals surface area contributed by atoms with Crippen LogP contribution in [0.25, 0.3) is 0 Å². The molecule has 8 nitrogen and oxygen atoms in total. The number of hydrogen-bond acceptors (Lipinski definition) is 6. The van der Waals surface area contributed by atoms with Crippen LogP contribution in [0.5, 0.6) is 0 Å². The van der Waals surface area contributed by atoms with Gasteiger partial charge in [0.2, 0.25) is 11.9 Å². The maximum atomic E-state index is 14.5. The Labute approximate surface area is 188 Å². The number of likely N-dealkylation sites (tertiary alicyclic amines) is 1. The van der Waals surface area contributed by atoms with Crippen molar-refractivity contribution in [2.45, 2.75) is 12.5 Å². The molecule has 0 radical (unpaired) electrons. The van der Waals surface area contributed by atoms with Gasteiger partial charge in [-0.3, -0.25) is 9.59 Å². The topological polar surface area (TPSA) is 90.5 Å². The van der Waals surface area contributed by atoms with Crippen molar-refractivity contribution in [1.82, 2.24) is 19.8 Å². The molecule has 0 unspecified atom stereocenters. The minimum Gasteiger partial charge on any atom is -0.350 e. The van der Waals surface area contributed by atoms with E-state index in [-0.39, 0.29) is 23.2 Å². The molecule has 31 heavy (non-hydrogen) atoms. The molecule has 164 valence electrons. The molecule has 0 spiro atoms. The van der Waals surface area contributed by atoms with Gasteiger partial charge in [-0.1, -0.05) is 6.08 Å². The predicted octanol–water partition coefficient (Wildman–Crippen LogP) is 2.76. The van der Waals surface area contributed by atoms with Crippen molar-refractivity contribution in [3.8, 4) is 0 Å². The summed E-state index contributed by atoms with van der Waals surface area (Å²) in [6.45, 7) is 1.61. The normalized spacial score (nSPS) is 16.2. The van der Waals surface area contributed by atoms with Crippen molar-refractivity contribution in [3.63, 3.8) is 0 Å². The standard InChI is InChI=1S/C21H24BrFN6O2/c1-28(2)8-3-4-19(30)27-18-6-5-14(10-17(18)23)20(31)29-9-7-16(13-29)26-21-24-11-15(22)12-25-21/h3-6,10-12,16H,7-9,13H2,1-2H3,(H,27,30)(H,24,25,26)/b4-3+/t16-/m1/s1. The van der Waals surface area contributed by atoms with Crippen molar-refractivity contribution in [1.29, 1.82) is 0 Å². The van der Waals surface area contributed by atoms with E-state index in [1.165, 1.54) is 18.2 Å². The number of rotatable bonds is 7. The maximum absolute atomic E-state index is 14.5.